The highest BCUT2D eigenvalue weighted by Crippen LogP contribution is 2.32. The van der Waals surface area contributed by atoms with Gasteiger partial charge < -0.3 is 16.3 Å². The fourth-order valence-corrected chi connectivity index (χ4v) is 1.29. The number of nitrogens with one attached hydrogen (secondary N) is 1. The maximum atomic E-state index is 11.4. The quantitative estimate of drug-likeness (QED) is 0.259. The minimum absolute atomic E-state index is 0.00838. The van der Waals surface area contributed by atoms with Crippen molar-refractivity contribution in [3.63, 3.8) is 0 Å². The van der Waals surface area contributed by atoms with Gasteiger partial charge in [-0.05, 0) is 25.2 Å². The summed E-state index contributed by atoms with van der Waals surface area (Å²) in [4.78, 5) is 11.4. The monoisotopic (exact) mass is 199 g/mol. The highest BCUT2D eigenvalue weighted by Gasteiger charge is 2.25. The molecule has 4 N–H and O–H groups in total. The zero-order chi connectivity index (χ0) is 10.6. The zero-order valence-corrected chi connectivity index (χ0v) is 8.36. The molecule has 5 heteroatoms. The van der Waals surface area contributed by atoms with Crippen molar-refractivity contribution in [3.8, 4) is 0 Å². The van der Waals surface area contributed by atoms with E-state index in [-0.39, 0.29) is 17.8 Å². The Morgan fingerprint density at radius 1 is 1.71 bits per heavy atom. The van der Waals surface area contributed by atoms with Crippen LogP contribution in [0.25, 0.3) is 0 Å². The van der Waals surface area contributed by atoms with E-state index in [4.69, 9.17) is 10.9 Å². The molecule has 0 spiro atoms. The summed E-state index contributed by atoms with van der Waals surface area (Å²) in [5.74, 6) is 0.613. The average Bonchev–Trinajstić information content (AvgIpc) is 2.96. The Bertz CT molecular complexity index is 236. The van der Waals surface area contributed by atoms with E-state index in [1.54, 1.807) is 0 Å². The van der Waals surface area contributed by atoms with Crippen LogP contribution in [0.15, 0.2) is 5.16 Å². The molecule has 1 aliphatic carbocycles. The number of hydrogen-bond donors (Lipinski definition) is 3. The second kappa shape index (κ2) is 4.83. The second-order valence-electron chi connectivity index (χ2n) is 3.70. The molecule has 80 valence electrons. The van der Waals surface area contributed by atoms with Gasteiger partial charge in [0.1, 0.15) is 0 Å². The van der Waals surface area contributed by atoms with Crippen LogP contribution in [0.2, 0.25) is 0 Å². The number of carbonyl (C=O) groups excluding carboxylic acids is 1. The molecule has 1 rings (SSSR count). The number of amidine groups is 1. The number of hydrogen-bond acceptors (Lipinski definition) is 3. The summed E-state index contributed by atoms with van der Waals surface area (Å²) < 4.78 is 0. The predicted octanol–water partition coefficient (Wildman–Crippen LogP) is 0.428. The lowest BCUT2D eigenvalue weighted by Crippen LogP contribution is -2.44. The molecule has 1 atom stereocenters. The number of nitrogens with zero attached hydrogens (tertiary/aromatic N) is 1. The molecule has 1 saturated carbocycles. The Balaban J connectivity index is 2.34. The lowest BCUT2D eigenvalue weighted by atomic mass is 10.2. The molecule has 0 aromatic rings. The van der Waals surface area contributed by atoms with Crippen LogP contribution >= 0.6 is 0 Å². The summed E-state index contributed by atoms with van der Waals surface area (Å²) in [7, 11) is 0. The SMILES string of the molecule is CCC(NC(=O)CC1CC1)C(N)=NO. The van der Waals surface area contributed by atoms with E-state index in [2.05, 4.69) is 10.5 Å². The molecular formula is C9H17N3O2. The Labute approximate surface area is 83.3 Å². The number of oxime groups is 1. The lowest BCUT2D eigenvalue weighted by Gasteiger charge is -2.14. The van der Waals surface area contributed by atoms with Crippen LogP contribution in [0.4, 0.5) is 0 Å². The summed E-state index contributed by atoms with van der Waals surface area (Å²) in [6.45, 7) is 1.88. The highest BCUT2D eigenvalue weighted by molar-refractivity contribution is 5.89. The molecule has 0 bridgehead atoms. The van der Waals surface area contributed by atoms with Crippen molar-refractivity contribution >= 4 is 11.7 Å². The van der Waals surface area contributed by atoms with Crippen molar-refractivity contribution in [2.24, 2.45) is 16.8 Å². The Kier molecular flexibility index (Phi) is 3.73. The molecule has 0 aromatic heterocycles. The van der Waals surface area contributed by atoms with Gasteiger partial charge in [-0.15, -0.1) is 0 Å². The van der Waals surface area contributed by atoms with Gasteiger partial charge in [0.25, 0.3) is 0 Å². The van der Waals surface area contributed by atoms with Gasteiger partial charge in [-0.2, -0.15) is 0 Å². The molecule has 0 aromatic carbocycles. The first-order valence-electron chi connectivity index (χ1n) is 4.94. The van der Waals surface area contributed by atoms with Crippen molar-refractivity contribution in [2.45, 2.75) is 38.6 Å². The van der Waals surface area contributed by atoms with Crippen LogP contribution in [0, 0.1) is 5.92 Å². The van der Waals surface area contributed by atoms with Crippen molar-refractivity contribution < 1.29 is 10.0 Å². The molecule has 1 unspecified atom stereocenters. The summed E-state index contributed by atoms with van der Waals surface area (Å²) >= 11 is 0. The molecular weight excluding hydrogens is 182 g/mol. The maximum absolute atomic E-state index is 11.4. The minimum atomic E-state index is -0.341. The van der Waals surface area contributed by atoms with Crippen LogP contribution in [-0.4, -0.2) is 23.0 Å². The minimum Gasteiger partial charge on any atom is -0.409 e. The summed E-state index contributed by atoms with van der Waals surface area (Å²) in [6, 6.07) is -0.341. The number of amides is 1. The van der Waals surface area contributed by atoms with E-state index >= 15 is 0 Å². The average molecular weight is 199 g/mol. The molecule has 5 nitrogen and oxygen atoms in total. The van der Waals surface area contributed by atoms with Gasteiger partial charge in [0.2, 0.25) is 5.91 Å². The fraction of sp³-hybridized carbons (Fsp3) is 0.778. The van der Waals surface area contributed by atoms with Crippen molar-refractivity contribution in [2.75, 3.05) is 0 Å². The van der Waals surface area contributed by atoms with Crippen molar-refractivity contribution in [1.82, 2.24) is 5.32 Å². The highest BCUT2D eigenvalue weighted by atomic mass is 16.4. The zero-order valence-electron chi connectivity index (χ0n) is 8.36. The van der Waals surface area contributed by atoms with E-state index in [9.17, 15) is 4.79 Å². The van der Waals surface area contributed by atoms with Gasteiger partial charge in [-0.25, -0.2) is 0 Å². The van der Waals surface area contributed by atoms with Gasteiger partial charge in [-0.1, -0.05) is 12.1 Å². The van der Waals surface area contributed by atoms with Crippen LogP contribution in [0.3, 0.4) is 0 Å². The van der Waals surface area contributed by atoms with Gasteiger partial charge in [0.15, 0.2) is 5.84 Å². The topological polar surface area (TPSA) is 87.7 Å². The van der Waals surface area contributed by atoms with Crippen LogP contribution in [0.1, 0.15) is 32.6 Å². The van der Waals surface area contributed by atoms with Gasteiger partial charge in [0, 0.05) is 6.42 Å². The largest absolute Gasteiger partial charge is 0.409 e. The van der Waals surface area contributed by atoms with Gasteiger partial charge in [-0.3, -0.25) is 4.79 Å². The summed E-state index contributed by atoms with van der Waals surface area (Å²) in [6.07, 6.45) is 3.49. The lowest BCUT2D eigenvalue weighted by molar-refractivity contribution is -0.121. The third-order valence-corrected chi connectivity index (χ3v) is 2.39. The summed E-state index contributed by atoms with van der Waals surface area (Å²) in [5.41, 5.74) is 5.41. The molecule has 1 aliphatic rings. The predicted molar refractivity (Wildman–Crippen MR) is 53.0 cm³/mol. The Morgan fingerprint density at radius 2 is 2.36 bits per heavy atom. The van der Waals surface area contributed by atoms with E-state index in [1.165, 1.54) is 0 Å². The first-order chi connectivity index (χ1) is 6.67. The maximum Gasteiger partial charge on any atom is 0.220 e. The molecule has 0 aliphatic heterocycles. The molecule has 0 radical (unpaired) electrons. The van der Waals surface area contributed by atoms with Gasteiger partial charge in [0.05, 0.1) is 6.04 Å². The van der Waals surface area contributed by atoms with Crippen molar-refractivity contribution in [3.05, 3.63) is 0 Å². The molecule has 0 heterocycles. The Hall–Kier alpha value is -1.26. The second-order valence-corrected chi connectivity index (χ2v) is 3.70. The number of rotatable bonds is 5. The van der Waals surface area contributed by atoms with Crippen molar-refractivity contribution in [1.29, 1.82) is 0 Å². The summed E-state index contributed by atoms with van der Waals surface area (Å²) in [5, 5.41) is 14.1. The number of carbonyl (C=O) groups is 1. The third kappa shape index (κ3) is 3.24. The van der Waals surface area contributed by atoms with E-state index in [0.717, 1.165) is 12.8 Å². The van der Waals surface area contributed by atoms with E-state index in [0.29, 0.717) is 18.8 Å². The number of nitrogens with two attached hydrogens (primary N) is 1. The standard InChI is InChI=1S/C9H17N3O2/c1-2-7(9(10)12-14)11-8(13)5-6-3-4-6/h6-7,14H,2-5H2,1H3,(H2,10,12)(H,11,13). The normalized spacial score (nSPS) is 19.1. The molecule has 1 fully saturated rings. The first-order valence-corrected chi connectivity index (χ1v) is 4.94. The molecule has 1 amide bonds. The third-order valence-electron chi connectivity index (χ3n) is 2.39. The smallest absolute Gasteiger partial charge is 0.220 e. The molecule has 0 saturated heterocycles. The van der Waals surface area contributed by atoms with Crippen LogP contribution < -0.4 is 11.1 Å². The van der Waals surface area contributed by atoms with Crippen LogP contribution in [-0.2, 0) is 4.79 Å². The van der Waals surface area contributed by atoms with E-state index < -0.39 is 0 Å². The Morgan fingerprint density at radius 3 is 2.79 bits per heavy atom. The van der Waals surface area contributed by atoms with Crippen LogP contribution in [0.5, 0.6) is 0 Å². The first kappa shape index (κ1) is 10.8. The van der Waals surface area contributed by atoms with E-state index in [1.807, 2.05) is 6.92 Å². The fourth-order valence-electron chi connectivity index (χ4n) is 1.29. The van der Waals surface area contributed by atoms with Gasteiger partial charge >= 0.3 is 0 Å². The molecule has 14 heavy (non-hydrogen) atoms.